The zero-order chi connectivity index (χ0) is 21.3. The van der Waals surface area contributed by atoms with Crippen LogP contribution in [-0.2, 0) is 6.18 Å². The molecular formula is C20H20F3N3O2S. The minimum atomic E-state index is -4.53. The predicted octanol–water partition coefficient (Wildman–Crippen LogP) is 5.68. The number of halogens is 3. The topological polar surface area (TPSA) is 64.1 Å². The van der Waals surface area contributed by atoms with Crippen LogP contribution in [0.3, 0.4) is 0 Å². The van der Waals surface area contributed by atoms with Crippen molar-refractivity contribution in [2.24, 2.45) is 0 Å². The van der Waals surface area contributed by atoms with Gasteiger partial charge in [0.1, 0.15) is 16.4 Å². The molecule has 2 heterocycles. The minimum Gasteiger partial charge on any atom is -0.491 e. The zero-order valence-electron chi connectivity index (χ0n) is 16.4. The number of benzene rings is 1. The fourth-order valence-electron chi connectivity index (χ4n) is 3.01. The number of alkyl halides is 3. The van der Waals surface area contributed by atoms with Crippen molar-refractivity contribution < 1.29 is 22.7 Å². The maximum Gasteiger partial charge on any atom is 0.416 e. The van der Waals surface area contributed by atoms with Gasteiger partial charge in [0.2, 0.25) is 0 Å². The van der Waals surface area contributed by atoms with Gasteiger partial charge in [0.25, 0.3) is 5.91 Å². The third-order valence-electron chi connectivity index (χ3n) is 4.31. The number of nitrogens with one attached hydrogen (secondary N) is 1. The summed E-state index contributed by atoms with van der Waals surface area (Å²) in [4.78, 5) is 22.6. The fraction of sp³-hybridized carbons (Fsp3) is 0.350. The van der Waals surface area contributed by atoms with Gasteiger partial charge in [-0.25, -0.2) is 9.97 Å². The molecule has 2 aromatic heterocycles. The van der Waals surface area contributed by atoms with E-state index in [1.165, 1.54) is 17.4 Å². The standard InChI is InChI=1S/C20H20F3N3O2S/c1-5-8-28-15-7-6-13(20(21,22)23)9-14(15)26-18(27)17-10(2)16-11(3)24-12(4)25-19(16)29-17/h6-7,9H,5,8H2,1-4H3,(H,26,27). The second kappa shape index (κ2) is 7.98. The van der Waals surface area contributed by atoms with Crippen LogP contribution >= 0.6 is 11.3 Å². The molecule has 0 atom stereocenters. The highest BCUT2D eigenvalue weighted by atomic mass is 32.1. The number of ether oxygens (including phenoxy) is 1. The van der Waals surface area contributed by atoms with Crippen LogP contribution in [0.2, 0.25) is 0 Å². The van der Waals surface area contributed by atoms with E-state index in [1.54, 1.807) is 13.8 Å². The van der Waals surface area contributed by atoms with Crippen LogP contribution in [0.25, 0.3) is 10.2 Å². The van der Waals surface area contributed by atoms with Gasteiger partial charge < -0.3 is 10.1 Å². The zero-order valence-corrected chi connectivity index (χ0v) is 17.2. The average Bonchev–Trinajstić information content (AvgIpc) is 2.96. The summed E-state index contributed by atoms with van der Waals surface area (Å²) in [6.45, 7) is 7.58. The van der Waals surface area contributed by atoms with Crippen LogP contribution in [0.4, 0.5) is 18.9 Å². The third kappa shape index (κ3) is 4.34. The molecule has 0 saturated carbocycles. The van der Waals surface area contributed by atoms with E-state index in [9.17, 15) is 18.0 Å². The molecule has 0 aliphatic carbocycles. The van der Waals surface area contributed by atoms with Crippen molar-refractivity contribution in [2.75, 3.05) is 11.9 Å². The molecule has 0 spiro atoms. The van der Waals surface area contributed by atoms with Crippen molar-refractivity contribution >= 4 is 33.1 Å². The molecule has 0 fully saturated rings. The van der Waals surface area contributed by atoms with Crippen molar-refractivity contribution in [2.45, 2.75) is 40.3 Å². The van der Waals surface area contributed by atoms with Gasteiger partial charge in [-0.05, 0) is 51.0 Å². The first-order valence-electron chi connectivity index (χ1n) is 9.01. The summed E-state index contributed by atoms with van der Waals surface area (Å²) in [7, 11) is 0. The Hall–Kier alpha value is -2.68. The molecule has 0 aliphatic heterocycles. The Morgan fingerprint density at radius 2 is 1.93 bits per heavy atom. The molecule has 0 saturated heterocycles. The number of thiophene rings is 1. The van der Waals surface area contributed by atoms with E-state index >= 15 is 0 Å². The first-order valence-corrected chi connectivity index (χ1v) is 9.83. The number of rotatable bonds is 5. The van der Waals surface area contributed by atoms with Gasteiger partial charge in [-0.15, -0.1) is 11.3 Å². The smallest absolute Gasteiger partial charge is 0.416 e. The van der Waals surface area contributed by atoms with E-state index in [1.807, 2.05) is 13.8 Å². The van der Waals surface area contributed by atoms with E-state index in [0.29, 0.717) is 34.1 Å². The highest BCUT2D eigenvalue weighted by molar-refractivity contribution is 7.20. The van der Waals surface area contributed by atoms with Gasteiger partial charge in [-0.1, -0.05) is 6.92 Å². The van der Waals surface area contributed by atoms with E-state index in [2.05, 4.69) is 15.3 Å². The Bertz CT molecular complexity index is 1080. The average molecular weight is 423 g/mol. The Kier molecular flexibility index (Phi) is 5.79. The number of aryl methyl sites for hydroxylation is 3. The molecule has 0 aliphatic rings. The monoisotopic (exact) mass is 423 g/mol. The molecule has 29 heavy (non-hydrogen) atoms. The van der Waals surface area contributed by atoms with Crippen LogP contribution in [0.15, 0.2) is 18.2 Å². The van der Waals surface area contributed by atoms with Gasteiger partial charge in [0, 0.05) is 11.1 Å². The Labute approximate surface area is 169 Å². The van der Waals surface area contributed by atoms with Crippen LogP contribution in [-0.4, -0.2) is 22.5 Å². The fourth-order valence-corrected chi connectivity index (χ4v) is 4.18. The number of nitrogens with zero attached hydrogens (tertiary/aromatic N) is 2. The summed E-state index contributed by atoms with van der Waals surface area (Å²) < 4.78 is 44.9. The quantitative estimate of drug-likeness (QED) is 0.574. The molecule has 5 nitrogen and oxygen atoms in total. The predicted molar refractivity (Wildman–Crippen MR) is 107 cm³/mol. The number of hydrogen-bond donors (Lipinski definition) is 1. The number of hydrogen-bond acceptors (Lipinski definition) is 5. The number of carbonyl (C=O) groups is 1. The van der Waals surface area contributed by atoms with E-state index < -0.39 is 17.6 Å². The lowest BCUT2D eigenvalue weighted by atomic mass is 10.1. The Balaban J connectivity index is 2.00. The Morgan fingerprint density at radius 1 is 1.21 bits per heavy atom. The van der Waals surface area contributed by atoms with Crippen LogP contribution in [0, 0.1) is 20.8 Å². The van der Waals surface area contributed by atoms with Crippen LogP contribution < -0.4 is 10.1 Å². The largest absolute Gasteiger partial charge is 0.491 e. The molecule has 0 radical (unpaired) electrons. The summed E-state index contributed by atoms with van der Waals surface area (Å²) in [5.41, 5.74) is 0.575. The van der Waals surface area contributed by atoms with Gasteiger partial charge in [0.15, 0.2) is 0 Å². The number of amides is 1. The Morgan fingerprint density at radius 3 is 2.59 bits per heavy atom. The highest BCUT2D eigenvalue weighted by Crippen LogP contribution is 2.36. The van der Waals surface area contributed by atoms with Gasteiger partial charge in [-0.2, -0.15) is 13.2 Å². The SMILES string of the molecule is CCCOc1ccc(C(F)(F)F)cc1NC(=O)c1sc2nc(C)nc(C)c2c1C. The van der Waals surface area contributed by atoms with E-state index in [-0.39, 0.29) is 11.4 Å². The maximum atomic E-state index is 13.1. The number of anilines is 1. The lowest BCUT2D eigenvalue weighted by molar-refractivity contribution is -0.137. The van der Waals surface area contributed by atoms with Gasteiger partial charge >= 0.3 is 6.18 Å². The summed E-state index contributed by atoms with van der Waals surface area (Å²) in [5, 5.41) is 3.37. The van der Waals surface area contributed by atoms with Crippen molar-refractivity contribution in [3.05, 3.63) is 45.7 Å². The number of carbonyl (C=O) groups excluding carboxylic acids is 1. The molecular weight excluding hydrogens is 403 g/mol. The molecule has 3 aromatic rings. The summed E-state index contributed by atoms with van der Waals surface area (Å²) in [6, 6.07) is 3.05. The molecule has 0 bridgehead atoms. The minimum absolute atomic E-state index is 0.0193. The van der Waals surface area contributed by atoms with Crippen molar-refractivity contribution in [3.63, 3.8) is 0 Å². The highest BCUT2D eigenvalue weighted by Gasteiger charge is 2.31. The van der Waals surface area contributed by atoms with Gasteiger partial charge in [-0.3, -0.25) is 4.79 Å². The number of aromatic nitrogens is 2. The van der Waals surface area contributed by atoms with Crippen molar-refractivity contribution in [1.29, 1.82) is 0 Å². The second-order valence-corrected chi connectivity index (χ2v) is 7.60. The first kappa shape index (κ1) is 21.0. The maximum absolute atomic E-state index is 13.1. The van der Waals surface area contributed by atoms with Crippen molar-refractivity contribution in [1.82, 2.24) is 9.97 Å². The second-order valence-electron chi connectivity index (χ2n) is 6.60. The molecule has 1 N–H and O–H groups in total. The number of fused-ring (bicyclic) bond motifs is 1. The molecule has 0 unspecified atom stereocenters. The first-order chi connectivity index (χ1) is 13.6. The summed E-state index contributed by atoms with van der Waals surface area (Å²) >= 11 is 1.19. The lowest BCUT2D eigenvalue weighted by Crippen LogP contribution is -2.14. The van der Waals surface area contributed by atoms with Gasteiger partial charge in [0.05, 0.1) is 22.7 Å². The van der Waals surface area contributed by atoms with Crippen LogP contribution in [0.5, 0.6) is 5.75 Å². The molecule has 1 aromatic carbocycles. The molecule has 154 valence electrons. The summed E-state index contributed by atoms with van der Waals surface area (Å²) in [5.74, 6) is 0.276. The van der Waals surface area contributed by atoms with E-state index in [0.717, 1.165) is 23.2 Å². The molecule has 1 amide bonds. The van der Waals surface area contributed by atoms with Crippen LogP contribution in [0.1, 0.15) is 45.7 Å². The molecule has 9 heteroatoms. The third-order valence-corrected chi connectivity index (χ3v) is 5.49. The van der Waals surface area contributed by atoms with E-state index in [4.69, 9.17) is 4.74 Å². The summed E-state index contributed by atoms with van der Waals surface area (Å²) in [6.07, 6.45) is -3.85. The molecule has 3 rings (SSSR count). The lowest BCUT2D eigenvalue weighted by Gasteiger charge is -2.15. The van der Waals surface area contributed by atoms with Crippen molar-refractivity contribution in [3.8, 4) is 5.75 Å². The normalized spacial score (nSPS) is 11.7.